The Balaban J connectivity index is 2.56. The Hall–Kier alpha value is -2.03. The summed E-state index contributed by atoms with van der Waals surface area (Å²) >= 11 is 0. The standard InChI is InChI=1S/C16H18O3/c1-18-15-13-10-5-3-4-8-12(13)9-6-7-11-14(15)16(17)19-2/h3-5,9-11H,6-8H2,1-2H3. The van der Waals surface area contributed by atoms with Crippen LogP contribution in [0.2, 0.25) is 0 Å². The molecular formula is C16H18O3. The SMILES string of the molecule is COC(=O)C1=CCCC=C2CC=CC=CC2=C1OC. The molecule has 0 aromatic heterocycles. The van der Waals surface area contributed by atoms with Crippen LogP contribution in [0.25, 0.3) is 0 Å². The number of fused-ring (bicyclic) bond motifs is 1. The third-order valence-corrected chi connectivity index (χ3v) is 3.20. The Morgan fingerprint density at radius 2 is 1.95 bits per heavy atom. The van der Waals surface area contributed by atoms with E-state index in [9.17, 15) is 4.79 Å². The average molecular weight is 258 g/mol. The number of hydrogen-bond donors (Lipinski definition) is 0. The molecule has 3 nitrogen and oxygen atoms in total. The zero-order valence-electron chi connectivity index (χ0n) is 11.3. The van der Waals surface area contributed by atoms with E-state index in [0.717, 1.165) is 24.8 Å². The molecule has 0 amide bonds. The molecule has 0 unspecified atom stereocenters. The maximum Gasteiger partial charge on any atom is 0.341 e. The molecule has 19 heavy (non-hydrogen) atoms. The van der Waals surface area contributed by atoms with E-state index < -0.39 is 0 Å². The fraction of sp³-hybridized carbons (Fsp3) is 0.312. The van der Waals surface area contributed by atoms with E-state index in [1.165, 1.54) is 12.7 Å². The van der Waals surface area contributed by atoms with Crippen molar-refractivity contribution in [2.75, 3.05) is 14.2 Å². The Kier molecular flexibility index (Phi) is 4.39. The van der Waals surface area contributed by atoms with Crippen LogP contribution in [0.3, 0.4) is 0 Å². The van der Waals surface area contributed by atoms with Crippen LogP contribution in [0.15, 0.2) is 58.9 Å². The summed E-state index contributed by atoms with van der Waals surface area (Å²) in [5.74, 6) is 0.244. The van der Waals surface area contributed by atoms with Crippen molar-refractivity contribution in [3.8, 4) is 0 Å². The highest BCUT2D eigenvalue weighted by Gasteiger charge is 2.22. The van der Waals surface area contributed by atoms with Crippen molar-refractivity contribution in [3.63, 3.8) is 0 Å². The number of ether oxygens (including phenoxy) is 2. The molecular weight excluding hydrogens is 240 g/mol. The Bertz CT molecular complexity index is 516. The van der Waals surface area contributed by atoms with E-state index in [1.807, 2.05) is 24.3 Å². The van der Waals surface area contributed by atoms with Gasteiger partial charge >= 0.3 is 5.97 Å². The highest BCUT2D eigenvalue weighted by molar-refractivity contribution is 5.93. The number of hydrogen-bond acceptors (Lipinski definition) is 3. The van der Waals surface area contributed by atoms with Crippen LogP contribution in [0.1, 0.15) is 19.3 Å². The minimum Gasteiger partial charge on any atom is -0.495 e. The van der Waals surface area contributed by atoms with Gasteiger partial charge in [0, 0.05) is 5.57 Å². The summed E-state index contributed by atoms with van der Waals surface area (Å²) in [5.41, 5.74) is 2.66. The zero-order valence-corrected chi connectivity index (χ0v) is 11.3. The van der Waals surface area contributed by atoms with E-state index >= 15 is 0 Å². The van der Waals surface area contributed by atoms with Gasteiger partial charge in [-0.15, -0.1) is 0 Å². The smallest absolute Gasteiger partial charge is 0.341 e. The molecule has 0 N–H and O–H groups in total. The maximum atomic E-state index is 11.9. The lowest BCUT2D eigenvalue weighted by atomic mass is 9.94. The first kappa shape index (κ1) is 13.4. The summed E-state index contributed by atoms with van der Waals surface area (Å²) < 4.78 is 10.3. The lowest BCUT2D eigenvalue weighted by Crippen LogP contribution is -2.12. The topological polar surface area (TPSA) is 35.5 Å². The first-order valence-electron chi connectivity index (χ1n) is 6.37. The van der Waals surface area contributed by atoms with Gasteiger partial charge in [-0.25, -0.2) is 4.79 Å². The van der Waals surface area contributed by atoms with Crippen LogP contribution in [-0.4, -0.2) is 20.2 Å². The molecule has 100 valence electrons. The monoisotopic (exact) mass is 258 g/mol. The van der Waals surface area contributed by atoms with Crippen LogP contribution in [-0.2, 0) is 14.3 Å². The quantitative estimate of drug-likeness (QED) is 0.713. The molecule has 0 radical (unpaired) electrons. The van der Waals surface area contributed by atoms with Crippen molar-refractivity contribution in [2.24, 2.45) is 0 Å². The fourth-order valence-electron chi connectivity index (χ4n) is 2.29. The number of carbonyl (C=O) groups excluding carboxylic acids is 1. The Morgan fingerprint density at radius 3 is 2.68 bits per heavy atom. The van der Waals surface area contributed by atoms with Gasteiger partial charge in [0.15, 0.2) is 0 Å². The summed E-state index contributed by atoms with van der Waals surface area (Å²) in [6.45, 7) is 0. The molecule has 2 aliphatic rings. The number of methoxy groups -OCH3 is 2. The van der Waals surface area contributed by atoms with Gasteiger partial charge in [0.2, 0.25) is 0 Å². The van der Waals surface area contributed by atoms with Crippen LogP contribution in [0.4, 0.5) is 0 Å². The molecule has 0 aliphatic heterocycles. The van der Waals surface area contributed by atoms with Gasteiger partial charge in [-0.3, -0.25) is 0 Å². The number of allylic oxidation sites excluding steroid dienone is 8. The number of esters is 1. The van der Waals surface area contributed by atoms with E-state index in [1.54, 1.807) is 7.11 Å². The third-order valence-electron chi connectivity index (χ3n) is 3.20. The molecule has 0 atom stereocenters. The van der Waals surface area contributed by atoms with Crippen molar-refractivity contribution in [3.05, 3.63) is 58.9 Å². The van der Waals surface area contributed by atoms with E-state index in [2.05, 4.69) is 12.2 Å². The third kappa shape index (κ3) is 2.87. The summed E-state index contributed by atoms with van der Waals surface area (Å²) in [5, 5.41) is 0. The van der Waals surface area contributed by atoms with Crippen molar-refractivity contribution < 1.29 is 14.3 Å². The minimum absolute atomic E-state index is 0.351. The molecule has 0 aromatic carbocycles. The summed E-state index contributed by atoms with van der Waals surface area (Å²) in [6.07, 6.45) is 14.7. The van der Waals surface area contributed by atoms with Crippen molar-refractivity contribution in [1.29, 1.82) is 0 Å². The second kappa shape index (κ2) is 6.23. The summed E-state index contributed by atoms with van der Waals surface area (Å²) in [4.78, 5) is 11.9. The predicted molar refractivity (Wildman–Crippen MR) is 74.3 cm³/mol. The average Bonchev–Trinajstić information content (AvgIpc) is 2.64. The molecule has 2 aliphatic carbocycles. The molecule has 0 heterocycles. The molecule has 0 fully saturated rings. The second-order valence-corrected chi connectivity index (χ2v) is 4.35. The van der Waals surface area contributed by atoms with Crippen LogP contribution >= 0.6 is 0 Å². The lowest BCUT2D eigenvalue weighted by molar-refractivity contribution is -0.136. The number of rotatable bonds is 2. The largest absolute Gasteiger partial charge is 0.495 e. The summed E-state index contributed by atoms with van der Waals surface area (Å²) in [7, 11) is 2.98. The molecule has 2 rings (SSSR count). The molecule has 0 saturated heterocycles. The second-order valence-electron chi connectivity index (χ2n) is 4.35. The van der Waals surface area contributed by atoms with E-state index in [0.29, 0.717) is 11.3 Å². The molecule has 0 bridgehead atoms. The first-order valence-corrected chi connectivity index (χ1v) is 6.37. The lowest BCUT2D eigenvalue weighted by Gasteiger charge is -2.17. The molecule has 3 heteroatoms. The van der Waals surface area contributed by atoms with Crippen LogP contribution in [0, 0.1) is 0 Å². The Labute approximate surface area is 113 Å². The van der Waals surface area contributed by atoms with E-state index in [-0.39, 0.29) is 5.97 Å². The van der Waals surface area contributed by atoms with Gasteiger partial charge in [0.25, 0.3) is 0 Å². The van der Waals surface area contributed by atoms with Crippen molar-refractivity contribution in [2.45, 2.75) is 19.3 Å². The van der Waals surface area contributed by atoms with Gasteiger partial charge in [-0.2, -0.15) is 0 Å². The number of carbonyl (C=O) groups is 1. The minimum atomic E-state index is -0.351. The highest BCUT2D eigenvalue weighted by atomic mass is 16.5. The molecule has 0 spiro atoms. The Morgan fingerprint density at radius 1 is 1.16 bits per heavy atom. The first-order chi connectivity index (χ1) is 9.27. The van der Waals surface area contributed by atoms with Crippen molar-refractivity contribution in [1.82, 2.24) is 0 Å². The van der Waals surface area contributed by atoms with Crippen LogP contribution < -0.4 is 0 Å². The predicted octanol–water partition coefficient (Wildman–Crippen LogP) is 3.22. The van der Waals surface area contributed by atoms with Gasteiger partial charge in [-0.1, -0.05) is 36.5 Å². The fourth-order valence-corrected chi connectivity index (χ4v) is 2.29. The van der Waals surface area contributed by atoms with Crippen LogP contribution in [0.5, 0.6) is 0 Å². The van der Waals surface area contributed by atoms with Gasteiger partial charge in [-0.05, 0) is 24.8 Å². The molecule has 0 saturated carbocycles. The normalized spacial score (nSPS) is 18.6. The van der Waals surface area contributed by atoms with Gasteiger partial charge in [0.05, 0.1) is 19.8 Å². The van der Waals surface area contributed by atoms with Gasteiger partial charge < -0.3 is 9.47 Å². The maximum absolute atomic E-state index is 11.9. The van der Waals surface area contributed by atoms with Gasteiger partial charge in [0.1, 0.15) is 5.76 Å². The summed E-state index contributed by atoms with van der Waals surface area (Å²) in [6, 6.07) is 0. The van der Waals surface area contributed by atoms with E-state index in [4.69, 9.17) is 9.47 Å². The highest BCUT2D eigenvalue weighted by Crippen LogP contribution is 2.30. The molecule has 0 aromatic rings. The van der Waals surface area contributed by atoms with Crippen molar-refractivity contribution >= 4 is 5.97 Å². The zero-order chi connectivity index (χ0) is 13.7.